The summed E-state index contributed by atoms with van der Waals surface area (Å²) >= 11 is 0. The van der Waals surface area contributed by atoms with E-state index in [0.717, 1.165) is 6.42 Å². The predicted octanol–water partition coefficient (Wildman–Crippen LogP) is -4.83. The number of carbonyl (C=O) groups is 7. The summed E-state index contributed by atoms with van der Waals surface area (Å²) < 4.78 is 0. The molecule has 0 aliphatic carbocycles. The number of hydrogen-bond donors (Lipinski definition) is 11. The summed E-state index contributed by atoms with van der Waals surface area (Å²) in [6, 6.07) is -7.91. The number of nitrogens with one attached hydrogen (secondary N) is 6. The molecule has 0 spiro atoms. The lowest BCUT2D eigenvalue weighted by Gasteiger charge is -2.24. The lowest BCUT2D eigenvalue weighted by atomic mass is 10.0. The molecule has 0 rings (SSSR count). The zero-order valence-corrected chi connectivity index (χ0v) is 25.4. The minimum absolute atomic E-state index is 0.0898. The van der Waals surface area contributed by atoms with Gasteiger partial charge in [-0.3, -0.25) is 28.8 Å². The maximum absolute atomic E-state index is 12.8. The fourth-order valence-electron chi connectivity index (χ4n) is 3.60. The molecule has 0 fully saturated rings. The molecular weight excluding hydrogens is 586 g/mol. The van der Waals surface area contributed by atoms with Crippen molar-refractivity contribution in [1.82, 2.24) is 31.9 Å². The third kappa shape index (κ3) is 15.0. The molecule has 0 radical (unpaired) electrons. The molecule has 6 atom stereocenters. The lowest BCUT2D eigenvalue weighted by Crippen LogP contribution is -2.58. The Morgan fingerprint density at radius 2 is 1.14 bits per heavy atom. The minimum Gasteiger partial charge on any atom is -0.480 e. The van der Waals surface area contributed by atoms with Gasteiger partial charge in [0.05, 0.1) is 32.4 Å². The number of aliphatic carboxylic acids is 1. The number of carboxylic acids is 1. The summed E-state index contributed by atoms with van der Waals surface area (Å²) in [6.07, 6.45) is 2.04. The monoisotopic (exact) mass is 633 g/mol. The minimum atomic E-state index is -1.67. The molecule has 0 aromatic heterocycles. The van der Waals surface area contributed by atoms with Crippen molar-refractivity contribution in [3.8, 4) is 0 Å². The zero-order chi connectivity index (χ0) is 34.0. The highest BCUT2D eigenvalue weighted by molar-refractivity contribution is 5.96. The number of hydrogen-bond acceptors (Lipinski definition) is 11. The van der Waals surface area contributed by atoms with E-state index in [0.29, 0.717) is 12.8 Å². The van der Waals surface area contributed by atoms with Crippen LogP contribution >= 0.6 is 0 Å². The number of rotatable bonds is 21. The maximum atomic E-state index is 12.8. The Morgan fingerprint density at radius 3 is 1.59 bits per heavy atom. The van der Waals surface area contributed by atoms with Crippen LogP contribution in [0.15, 0.2) is 0 Å². The summed E-state index contributed by atoms with van der Waals surface area (Å²) in [5, 5.41) is 50.5. The van der Waals surface area contributed by atoms with Gasteiger partial charge in [0, 0.05) is 0 Å². The van der Waals surface area contributed by atoms with E-state index in [4.69, 9.17) is 15.9 Å². The lowest BCUT2D eigenvalue weighted by molar-refractivity contribution is -0.143. The highest BCUT2D eigenvalue weighted by Gasteiger charge is 2.30. The number of amides is 6. The summed E-state index contributed by atoms with van der Waals surface area (Å²) in [4.78, 5) is 85.8. The number of aliphatic hydroxyl groups is 3. The zero-order valence-electron chi connectivity index (χ0n) is 25.4. The van der Waals surface area contributed by atoms with Gasteiger partial charge >= 0.3 is 5.97 Å². The molecule has 44 heavy (non-hydrogen) atoms. The molecule has 6 amide bonds. The van der Waals surface area contributed by atoms with Gasteiger partial charge in [0.25, 0.3) is 0 Å². The first kappa shape index (κ1) is 40.1. The van der Waals surface area contributed by atoms with Crippen LogP contribution in [0.5, 0.6) is 0 Å². The van der Waals surface area contributed by atoms with Crippen molar-refractivity contribution in [3.05, 3.63) is 0 Å². The van der Waals surface area contributed by atoms with E-state index in [2.05, 4.69) is 26.6 Å². The Hall–Kier alpha value is -3.87. The Morgan fingerprint density at radius 1 is 0.659 bits per heavy atom. The first-order chi connectivity index (χ1) is 20.6. The first-order valence-electron chi connectivity index (χ1n) is 14.2. The molecule has 0 unspecified atom stereocenters. The smallest absolute Gasteiger partial charge is 0.328 e. The van der Waals surface area contributed by atoms with Gasteiger partial charge in [-0.05, 0) is 25.7 Å². The Kier molecular flexibility index (Phi) is 19.1. The van der Waals surface area contributed by atoms with Crippen LogP contribution in [0.4, 0.5) is 0 Å². The van der Waals surface area contributed by atoms with Crippen molar-refractivity contribution in [2.75, 3.05) is 26.4 Å². The van der Waals surface area contributed by atoms with E-state index in [1.165, 1.54) is 6.92 Å². The Labute approximate surface area is 255 Å². The number of unbranched alkanes of at least 4 members (excludes halogenated alkanes) is 1. The molecule has 0 heterocycles. The van der Waals surface area contributed by atoms with Gasteiger partial charge in [-0.25, -0.2) is 4.79 Å². The van der Waals surface area contributed by atoms with Crippen molar-refractivity contribution >= 4 is 41.4 Å². The molecule has 0 saturated heterocycles. The molecule has 0 saturated carbocycles. The third-order valence-corrected chi connectivity index (χ3v) is 6.17. The van der Waals surface area contributed by atoms with Crippen molar-refractivity contribution in [2.24, 2.45) is 11.7 Å². The van der Waals surface area contributed by atoms with Gasteiger partial charge in [0.2, 0.25) is 35.4 Å². The van der Waals surface area contributed by atoms with E-state index in [1.807, 2.05) is 12.2 Å². The molecule has 0 aliphatic heterocycles. The molecule has 0 aliphatic rings. The molecule has 18 nitrogen and oxygen atoms in total. The average Bonchev–Trinajstić information content (AvgIpc) is 2.97. The molecule has 0 aromatic rings. The largest absolute Gasteiger partial charge is 0.480 e. The van der Waals surface area contributed by atoms with Crippen LogP contribution in [0.3, 0.4) is 0 Å². The van der Waals surface area contributed by atoms with Crippen LogP contribution in [0.2, 0.25) is 0 Å². The Balaban J connectivity index is 5.11. The van der Waals surface area contributed by atoms with Crippen LogP contribution in [0.25, 0.3) is 0 Å². The van der Waals surface area contributed by atoms with Crippen molar-refractivity contribution in [2.45, 2.75) is 89.6 Å². The highest BCUT2D eigenvalue weighted by atomic mass is 16.4. The number of carbonyl (C=O) groups excluding carboxylic acids is 6. The number of carboxylic acid groups (broad SMARTS) is 1. The van der Waals surface area contributed by atoms with E-state index >= 15 is 0 Å². The second-order valence-electron chi connectivity index (χ2n) is 10.5. The van der Waals surface area contributed by atoms with Gasteiger partial charge in [0.15, 0.2) is 0 Å². The SMILES string of the molecule is CCCC[C@H](N)C(=O)N[C@@H](CO)C(=O)N[C@@H](CC(C)C)C(=O)NCC(=O)N[C@@H](C)C(=O)N[C@@H](CO)C(=O)N[C@@H](CO)C(=O)O. The summed E-state index contributed by atoms with van der Waals surface area (Å²) in [7, 11) is 0. The van der Waals surface area contributed by atoms with Crippen molar-refractivity contribution in [1.29, 1.82) is 0 Å². The summed E-state index contributed by atoms with van der Waals surface area (Å²) in [5.74, 6) is -6.69. The second-order valence-corrected chi connectivity index (χ2v) is 10.5. The standard InChI is InChI=1S/C26H47N7O11/c1-5-6-7-15(27)22(39)32-18(11-35)24(41)30-16(8-13(2)3)23(40)28-9-20(37)29-14(4)21(38)31-17(10-34)25(42)33-19(12-36)26(43)44/h13-19,34-36H,5-12,27H2,1-4H3,(H,28,40)(H,29,37)(H,30,41)(H,31,38)(H,32,39)(H,33,42)(H,43,44)/t14-,15-,16-,17-,18-,19-/m0/s1. The highest BCUT2D eigenvalue weighted by Crippen LogP contribution is 2.06. The topological polar surface area (TPSA) is 299 Å². The molecule has 0 bridgehead atoms. The molecule has 0 aromatic carbocycles. The van der Waals surface area contributed by atoms with Gasteiger partial charge in [-0.1, -0.05) is 33.6 Å². The van der Waals surface area contributed by atoms with Crippen LogP contribution in [0.1, 0.15) is 53.4 Å². The average molecular weight is 634 g/mol. The third-order valence-electron chi connectivity index (χ3n) is 6.17. The van der Waals surface area contributed by atoms with Crippen molar-refractivity contribution < 1.29 is 54.0 Å². The van der Waals surface area contributed by atoms with E-state index < -0.39 is 104 Å². The van der Waals surface area contributed by atoms with Gasteiger partial charge in [-0.15, -0.1) is 0 Å². The fraction of sp³-hybridized carbons (Fsp3) is 0.731. The van der Waals surface area contributed by atoms with Crippen LogP contribution in [-0.2, 0) is 33.6 Å². The number of aliphatic hydroxyl groups excluding tert-OH is 3. The summed E-state index contributed by atoms with van der Waals surface area (Å²) in [6.45, 7) is 3.51. The van der Waals surface area contributed by atoms with Gasteiger partial charge in [0.1, 0.15) is 30.2 Å². The maximum Gasteiger partial charge on any atom is 0.328 e. The quantitative estimate of drug-likeness (QED) is 0.0567. The van der Waals surface area contributed by atoms with E-state index in [-0.39, 0.29) is 12.3 Å². The Bertz CT molecular complexity index is 995. The van der Waals surface area contributed by atoms with Crippen LogP contribution < -0.4 is 37.6 Å². The molecule has 18 heteroatoms. The van der Waals surface area contributed by atoms with Crippen LogP contribution in [0, 0.1) is 5.92 Å². The summed E-state index contributed by atoms with van der Waals surface area (Å²) in [5.41, 5.74) is 5.81. The fourth-order valence-corrected chi connectivity index (χ4v) is 3.60. The van der Waals surface area contributed by atoms with Crippen LogP contribution in [-0.4, -0.2) is 124 Å². The second kappa shape index (κ2) is 20.9. The van der Waals surface area contributed by atoms with Gasteiger partial charge < -0.3 is 58.1 Å². The van der Waals surface area contributed by atoms with E-state index in [1.54, 1.807) is 13.8 Å². The number of nitrogens with two attached hydrogens (primary N) is 1. The molecule has 12 N–H and O–H groups in total. The van der Waals surface area contributed by atoms with Crippen molar-refractivity contribution in [3.63, 3.8) is 0 Å². The molecular formula is C26H47N7O11. The van der Waals surface area contributed by atoms with Gasteiger partial charge in [-0.2, -0.15) is 0 Å². The van der Waals surface area contributed by atoms with E-state index in [9.17, 15) is 43.8 Å². The first-order valence-corrected chi connectivity index (χ1v) is 14.2. The molecule has 252 valence electrons. The predicted molar refractivity (Wildman–Crippen MR) is 154 cm³/mol. The normalized spacial score (nSPS) is 15.0.